The minimum atomic E-state index is -0.228. The molecule has 0 amide bonds. The van der Waals surface area contributed by atoms with E-state index in [2.05, 4.69) is 15.9 Å². The average Bonchev–Trinajstić information content (AvgIpc) is 2.43. The van der Waals surface area contributed by atoms with Gasteiger partial charge in [0.25, 0.3) is 0 Å². The van der Waals surface area contributed by atoms with Gasteiger partial charge in [0.1, 0.15) is 5.75 Å². The van der Waals surface area contributed by atoms with Crippen molar-refractivity contribution >= 4 is 37.4 Å². The van der Waals surface area contributed by atoms with Gasteiger partial charge in [-0.3, -0.25) is 0 Å². The van der Waals surface area contributed by atoms with Crippen LogP contribution in [0.3, 0.4) is 0 Å². The van der Waals surface area contributed by atoms with Crippen LogP contribution in [0, 0.1) is 5.13 Å². The second-order valence-corrected chi connectivity index (χ2v) is 4.17. The van der Waals surface area contributed by atoms with Gasteiger partial charge in [-0.1, -0.05) is 28.1 Å². The smallest absolute Gasteiger partial charge is 0.181 e. The van der Waals surface area contributed by atoms with Crippen LogP contribution in [0.4, 0.5) is 4.39 Å². The molecule has 2 aromatic rings. The van der Waals surface area contributed by atoms with Crippen molar-refractivity contribution in [2.75, 3.05) is 0 Å². The Labute approximate surface area is 86.9 Å². The third-order valence-corrected chi connectivity index (χ3v) is 3.50. The summed E-state index contributed by atoms with van der Waals surface area (Å²) in [6, 6.07) is 5.09. The van der Waals surface area contributed by atoms with Crippen molar-refractivity contribution in [3.63, 3.8) is 0 Å². The quantitative estimate of drug-likeness (QED) is 0.777. The van der Waals surface area contributed by atoms with E-state index in [1.54, 1.807) is 12.1 Å². The molecule has 0 aliphatic carbocycles. The van der Waals surface area contributed by atoms with Gasteiger partial charge in [-0.05, 0) is 6.07 Å². The van der Waals surface area contributed by atoms with E-state index in [1.807, 2.05) is 6.07 Å². The fraction of sp³-hybridized carbons (Fsp3) is 0.111. The summed E-state index contributed by atoms with van der Waals surface area (Å²) in [5, 5.41) is 10.5. The summed E-state index contributed by atoms with van der Waals surface area (Å²) in [6.07, 6.45) is 0. The molecule has 0 fully saturated rings. The molecule has 68 valence electrons. The van der Waals surface area contributed by atoms with E-state index in [-0.39, 0.29) is 10.9 Å². The van der Waals surface area contributed by atoms with E-state index in [9.17, 15) is 9.50 Å². The summed E-state index contributed by atoms with van der Waals surface area (Å²) in [4.78, 5) is 0. The number of halogens is 2. The van der Waals surface area contributed by atoms with Crippen molar-refractivity contribution < 1.29 is 9.50 Å². The van der Waals surface area contributed by atoms with Gasteiger partial charge in [-0.15, -0.1) is 11.3 Å². The number of hydrogen-bond acceptors (Lipinski definition) is 2. The maximum absolute atomic E-state index is 13.3. The summed E-state index contributed by atoms with van der Waals surface area (Å²) in [5.41, 5.74) is 0.621. The Morgan fingerprint density at radius 2 is 2.23 bits per heavy atom. The first-order chi connectivity index (χ1) is 6.24. The highest BCUT2D eigenvalue weighted by molar-refractivity contribution is 9.08. The second kappa shape index (κ2) is 3.27. The number of hydrogen-bond donors (Lipinski definition) is 1. The monoisotopic (exact) mass is 260 g/mol. The van der Waals surface area contributed by atoms with E-state index in [0.29, 0.717) is 15.6 Å². The molecule has 1 aromatic heterocycles. The first-order valence-electron chi connectivity index (χ1n) is 3.69. The molecular weight excluding hydrogens is 255 g/mol. The molecule has 1 aromatic carbocycles. The summed E-state index contributed by atoms with van der Waals surface area (Å²) >= 11 is 4.20. The molecule has 0 unspecified atom stereocenters. The topological polar surface area (TPSA) is 20.2 Å². The maximum Gasteiger partial charge on any atom is 0.181 e. The fourth-order valence-electron chi connectivity index (χ4n) is 1.25. The lowest BCUT2D eigenvalue weighted by atomic mass is 10.2. The average molecular weight is 261 g/mol. The zero-order chi connectivity index (χ0) is 9.42. The fourth-order valence-corrected chi connectivity index (χ4v) is 2.94. The van der Waals surface area contributed by atoms with Crippen molar-refractivity contribution in [2.24, 2.45) is 0 Å². The predicted molar refractivity (Wildman–Crippen MR) is 56.1 cm³/mol. The van der Waals surface area contributed by atoms with Gasteiger partial charge < -0.3 is 5.11 Å². The molecule has 2 rings (SSSR count). The van der Waals surface area contributed by atoms with E-state index in [1.165, 1.54) is 0 Å². The summed E-state index contributed by atoms with van der Waals surface area (Å²) in [7, 11) is 0. The Balaban J connectivity index is 2.86. The zero-order valence-electron chi connectivity index (χ0n) is 6.55. The molecule has 13 heavy (non-hydrogen) atoms. The van der Waals surface area contributed by atoms with Crippen LogP contribution >= 0.6 is 27.3 Å². The lowest BCUT2D eigenvalue weighted by molar-refractivity contribution is 0.482. The Hall–Kier alpha value is -0.610. The number of benzene rings is 1. The molecule has 0 saturated carbocycles. The number of aromatic hydroxyl groups is 1. The number of thiophene rings is 1. The van der Waals surface area contributed by atoms with Crippen LogP contribution in [-0.2, 0) is 5.33 Å². The van der Waals surface area contributed by atoms with Crippen LogP contribution in [-0.4, -0.2) is 5.11 Å². The number of phenolic OH excluding ortho intramolecular Hbond substituents is 1. The van der Waals surface area contributed by atoms with Crippen LogP contribution in [0.2, 0.25) is 0 Å². The molecular formula is C9H6BrFOS. The molecule has 4 heteroatoms. The SMILES string of the molecule is Oc1cccc2c(CBr)c(F)sc12. The van der Waals surface area contributed by atoms with Crippen molar-refractivity contribution in [2.45, 2.75) is 5.33 Å². The Morgan fingerprint density at radius 3 is 2.92 bits per heavy atom. The maximum atomic E-state index is 13.3. The number of rotatable bonds is 1. The van der Waals surface area contributed by atoms with Crippen LogP contribution in [0.25, 0.3) is 10.1 Å². The van der Waals surface area contributed by atoms with Crippen molar-refractivity contribution in [1.29, 1.82) is 0 Å². The van der Waals surface area contributed by atoms with E-state index in [0.717, 1.165) is 16.7 Å². The van der Waals surface area contributed by atoms with Gasteiger partial charge in [-0.2, -0.15) is 4.39 Å². The van der Waals surface area contributed by atoms with Gasteiger partial charge in [0, 0.05) is 16.3 Å². The van der Waals surface area contributed by atoms with Gasteiger partial charge in [0.2, 0.25) is 0 Å². The number of fused-ring (bicyclic) bond motifs is 1. The molecule has 1 nitrogen and oxygen atoms in total. The van der Waals surface area contributed by atoms with Crippen LogP contribution < -0.4 is 0 Å². The molecule has 0 atom stereocenters. The molecule has 0 aliphatic heterocycles. The molecule has 0 spiro atoms. The highest BCUT2D eigenvalue weighted by Crippen LogP contribution is 2.36. The summed E-state index contributed by atoms with van der Waals surface area (Å²) in [5.74, 6) is 0.147. The van der Waals surface area contributed by atoms with Crippen molar-refractivity contribution in [1.82, 2.24) is 0 Å². The first kappa shape index (κ1) is 8.97. The van der Waals surface area contributed by atoms with Crippen LogP contribution in [0.15, 0.2) is 18.2 Å². The second-order valence-electron chi connectivity index (χ2n) is 2.64. The third kappa shape index (κ3) is 1.34. The Morgan fingerprint density at radius 1 is 1.46 bits per heavy atom. The molecule has 0 radical (unpaired) electrons. The van der Waals surface area contributed by atoms with Gasteiger partial charge >= 0.3 is 0 Å². The summed E-state index contributed by atoms with van der Waals surface area (Å²) < 4.78 is 13.9. The van der Waals surface area contributed by atoms with Gasteiger partial charge in [0.15, 0.2) is 5.13 Å². The van der Waals surface area contributed by atoms with Gasteiger partial charge in [0.05, 0.1) is 4.70 Å². The number of alkyl halides is 1. The van der Waals surface area contributed by atoms with E-state index < -0.39 is 0 Å². The lowest BCUT2D eigenvalue weighted by Crippen LogP contribution is -1.76. The highest BCUT2D eigenvalue weighted by Gasteiger charge is 2.12. The van der Waals surface area contributed by atoms with Crippen molar-refractivity contribution in [3.05, 3.63) is 28.9 Å². The standard InChI is InChI=1S/C9H6BrFOS/c10-4-6-5-2-1-3-7(12)8(5)13-9(6)11/h1-3,12H,4H2. The zero-order valence-corrected chi connectivity index (χ0v) is 8.95. The molecule has 0 saturated heterocycles. The number of phenols is 1. The third-order valence-electron chi connectivity index (χ3n) is 1.88. The minimum Gasteiger partial charge on any atom is -0.506 e. The molecule has 0 aliphatic rings. The lowest BCUT2D eigenvalue weighted by Gasteiger charge is -1.94. The Kier molecular flexibility index (Phi) is 2.26. The van der Waals surface area contributed by atoms with Crippen molar-refractivity contribution in [3.8, 4) is 5.75 Å². The molecule has 1 heterocycles. The molecule has 1 N–H and O–H groups in total. The predicted octanol–water partition coefficient (Wildman–Crippen LogP) is 3.64. The normalized spacial score (nSPS) is 10.9. The first-order valence-corrected chi connectivity index (χ1v) is 5.62. The highest BCUT2D eigenvalue weighted by atomic mass is 79.9. The largest absolute Gasteiger partial charge is 0.506 e. The van der Waals surface area contributed by atoms with E-state index in [4.69, 9.17) is 0 Å². The van der Waals surface area contributed by atoms with Gasteiger partial charge in [-0.25, -0.2) is 0 Å². The van der Waals surface area contributed by atoms with Crippen LogP contribution in [0.5, 0.6) is 5.75 Å². The summed E-state index contributed by atoms with van der Waals surface area (Å²) in [6.45, 7) is 0. The van der Waals surface area contributed by atoms with Crippen LogP contribution in [0.1, 0.15) is 5.56 Å². The Bertz CT molecular complexity index is 452. The minimum absolute atomic E-state index is 0.147. The molecule has 0 bridgehead atoms. The van der Waals surface area contributed by atoms with E-state index >= 15 is 0 Å².